The van der Waals surface area contributed by atoms with Crippen LogP contribution in [0.25, 0.3) is 0 Å². The maximum absolute atomic E-state index is 11.9. The number of rotatable bonds is 5. The van der Waals surface area contributed by atoms with E-state index in [1.165, 1.54) is 0 Å². The number of carbonyl (C=O) groups excluding carboxylic acids is 2. The van der Waals surface area contributed by atoms with Crippen molar-refractivity contribution in [2.24, 2.45) is 0 Å². The van der Waals surface area contributed by atoms with Crippen LogP contribution in [0.5, 0.6) is 0 Å². The summed E-state index contributed by atoms with van der Waals surface area (Å²) in [4.78, 5) is 33.8. The van der Waals surface area contributed by atoms with Gasteiger partial charge in [-0.15, -0.1) is 0 Å². The maximum atomic E-state index is 11.9. The predicted octanol–water partition coefficient (Wildman–Crippen LogP) is 2.34. The second-order valence-electron chi connectivity index (χ2n) is 4.55. The van der Waals surface area contributed by atoms with Crippen LogP contribution in [0.15, 0.2) is 18.2 Å². The molecule has 18 heavy (non-hydrogen) atoms. The number of carboxylic acid groups (broad SMARTS) is 1. The van der Waals surface area contributed by atoms with E-state index < -0.39 is 24.0 Å². The van der Waals surface area contributed by atoms with E-state index in [2.05, 4.69) is 0 Å². The van der Waals surface area contributed by atoms with Gasteiger partial charge in [-0.3, -0.25) is 14.4 Å². The normalized spacial score (nSPS) is 10.4. The van der Waals surface area contributed by atoms with Crippen LogP contribution in [-0.2, 0) is 9.59 Å². The zero-order valence-corrected chi connectivity index (χ0v) is 10.7. The summed E-state index contributed by atoms with van der Waals surface area (Å²) in [6.45, 7) is 5.70. The minimum Gasteiger partial charge on any atom is -0.481 e. The molecule has 1 aromatic carbocycles. The van der Waals surface area contributed by atoms with E-state index in [0.717, 1.165) is 5.56 Å². The minimum atomic E-state index is -1.29. The molecule has 0 saturated heterocycles. The van der Waals surface area contributed by atoms with Crippen molar-refractivity contribution in [3.63, 3.8) is 0 Å². The molecule has 0 atom stereocenters. The Bertz CT molecular complexity index is 501. The molecule has 0 aliphatic carbocycles. The second kappa shape index (κ2) is 5.58. The van der Waals surface area contributed by atoms with Crippen LogP contribution in [0, 0.1) is 6.92 Å². The third kappa shape index (κ3) is 3.26. The first kappa shape index (κ1) is 14.1. The molecule has 1 rings (SSSR count). The van der Waals surface area contributed by atoms with Crippen molar-refractivity contribution in [1.82, 2.24) is 0 Å². The Morgan fingerprint density at radius 1 is 1.22 bits per heavy atom. The fraction of sp³-hybridized carbons (Fsp3) is 0.357. The Balaban J connectivity index is 3.08. The van der Waals surface area contributed by atoms with E-state index >= 15 is 0 Å². The number of aliphatic carboxylic acids is 1. The highest BCUT2D eigenvalue weighted by Crippen LogP contribution is 2.19. The van der Waals surface area contributed by atoms with Crippen LogP contribution < -0.4 is 0 Å². The van der Waals surface area contributed by atoms with Crippen LogP contribution in [0.1, 0.15) is 47.7 Å². The number of Topliss-reactive ketones (excluding diaryl/α,β-unsaturated/α-hetero) is 2. The number of ketones is 2. The molecule has 0 unspecified atom stereocenters. The predicted molar refractivity (Wildman–Crippen MR) is 66.9 cm³/mol. The average Bonchev–Trinajstić information content (AvgIpc) is 2.27. The summed E-state index contributed by atoms with van der Waals surface area (Å²) in [5.74, 6) is -2.65. The highest BCUT2D eigenvalue weighted by Gasteiger charge is 2.21. The fourth-order valence-electron chi connectivity index (χ4n) is 1.61. The number of carbonyl (C=O) groups is 3. The highest BCUT2D eigenvalue weighted by molar-refractivity contribution is 6.46. The van der Waals surface area contributed by atoms with Gasteiger partial charge in [-0.1, -0.05) is 26.0 Å². The number of hydrogen-bond donors (Lipinski definition) is 1. The largest absolute Gasteiger partial charge is 0.481 e. The molecule has 0 aromatic heterocycles. The van der Waals surface area contributed by atoms with E-state index in [4.69, 9.17) is 5.11 Å². The molecule has 0 aliphatic heterocycles. The van der Waals surface area contributed by atoms with Gasteiger partial charge >= 0.3 is 5.97 Å². The molecule has 0 saturated carbocycles. The van der Waals surface area contributed by atoms with Crippen LogP contribution in [-0.4, -0.2) is 22.6 Å². The Kier molecular flexibility index (Phi) is 4.37. The smallest absolute Gasteiger partial charge is 0.311 e. The van der Waals surface area contributed by atoms with E-state index in [9.17, 15) is 14.4 Å². The summed E-state index contributed by atoms with van der Waals surface area (Å²) in [6, 6.07) is 5.34. The van der Waals surface area contributed by atoms with Crippen LogP contribution in [0.2, 0.25) is 0 Å². The lowest BCUT2D eigenvalue weighted by molar-refractivity contribution is -0.139. The van der Waals surface area contributed by atoms with Gasteiger partial charge in [0.1, 0.15) is 6.42 Å². The van der Waals surface area contributed by atoms with Crippen LogP contribution in [0.3, 0.4) is 0 Å². The Hall–Kier alpha value is -1.97. The van der Waals surface area contributed by atoms with Crippen LogP contribution in [0.4, 0.5) is 0 Å². The Morgan fingerprint density at radius 3 is 2.33 bits per heavy atom. The first-order chi connectivity index (χ1) is 8.32. The van der Waals surface area contributed by atoms with Gasteiger partial charge in [0.2, 0.25) is 11.6 Å². The van der Waals surface area contributed by atoms with E-state index in [1.807, 2.05) is 19.9 Å². The second-order valence-corrected chi connectivity index (χ2v) is 4.55. The summed E-state index contributed by atoms with van der Waals surface area (Å²) in [5.41, 5.74) is 1.93. The lowest BCUT2D eigenvalue weighted by Gasteiger charge is -2.09. The van der Waals surface area contributed by atoms with E-state index in [1.54, 1.807) is 19.1 Å². The van der Waals surface area contributed by atoms with Gasteiger partial charge in [0, 0.05) is 5.56 Å². The maximum Gasteiger partial charge on any atom is 0.311 e. The van der Waals surface area contributed by atoms with Gasteiger partial charge < -0.3 is 5.11 Å². The molecule has 1 N–H and O–H groups in total. The van der Waals surface area contributed by atoms with E-state index in [-0.39, 0.29) is 5.92 Å². The molecular weight excluding hydrogens is 232 g/mol. The molecule has 96 valence electrons. The Labute approximate surface area is 106 Å². The fourth-order valence-corrected chi connectivity index (χ4v) is 1.61. The van der Waals surface area contributed by atoms with Crippen molar-refractivity contribution in [2.75, 3.05) is 0 Å². The topological polar surface area (TPSA) is 71.4 Å². The number of hydrogen-bond acceptors (Lipinski definition) is 3. The standard InChI is InChI=1S/C14H16O4/c1-8(2)10-5-4-9(3)11(6-10)14(18)12(15)7-13(16)17/h4-6,8H,7H2,1-3H3,(H,16,17). The molecule has 4 nitrogen and oxygen atoms in total. The quantitative estimate of drug-likeness (QED) is 0.493. The molecule has 0 fully saturated rings. The monoisotopic (exact) mass is 248 g/mol. The summed E-state index contributed by atoms with van der Waals surface area (Å²) >= 11 is 0. The van der Waals surface area contributed by atoms with Gasteiger partial charge in [-0.2, -0.15) is 0 Å². The van der Waals surface area contributed by atoms with Crippen molar-refractivity contribution in [1.29, 1.82) is 0 Å². The first-order valence-corrected chi connectivity index (χ1v) is 5.72. The van der Waals surface area contributed by atoms with Crippen molar-refractivity contribution in [2.45, 2.75) is 33.1 Å². The molecule has 0 bridgehead atoms. The molecular formula is C14H16O4. The number of carboxylic acids is 1. The average molecular weight is 248 g/mol. The zero-order valence-electron chi connectivity index (χ0n) is 10.7. The first-order valence-electron chi connectivity index (χ1n) is 5.72. The molecule has 0 aliphatic rings. The number of benzene rings is 1. The van der Waals surface area contributed by atoms with Gasteiger partial charge in [0.25, 0.3) is 0 Å². The van der Waals surface area contributed by atoms with Crippen molar-refractivity contribution in [3.8, 4) is 0 Å². The van der Waals surface area contributed by atoms with E-state index in [0.29, 0.717) is 11.1 Å². The molecule has 0 heterocycles. The summed E-state index contributed by atoms with van der Waals surface area (Å²) in [5, 5.41) is 8.52. The summed E-state index contributed by atoms with van der Waals surface area (Å²) in [7, 11) is 0. The molecule has 1 aromatic rings. The van der Waals surface area contributed by atoms with Gasteiger partial charge in [0.15, 0.2) is 0 Å². The number of aryl methyl sites for hydroxylation is 1. The summed E-state index contributed by atoms with van der Waals surface area (Å²) < 4.78 is 0. The molecule has 0 amide bonds. The van der Waals surface area contributed by atoms with Gasteiger partial charge in [0.05, 0.1) is 0 Å². The highest BCUT2D eigenvalue weighted by atomic mass is 16.4. The van der Waals surface area contributed by atoms with Crippen molar-refractivity contribution in [3.05, 3.63) is 34.9 Å². The van der Waals surface area contributed by atoms with Crippen LogP contribution >= 0.6 is 0 Å². The molecule has 0 radical (unpaired) electrons. The van der Waals surface area contributed by atoms with Crippen molar-refractivity contribution >= 4 is 17.5 Å². The summed E-state index contributed by atoms with van der Waals surface area (Å²) in [6.07, 6.45) is -0.760. The molecule has 4 heteroatoms. The van der Waals surface area contributed by atoms with Crippen molar-refractivity contribution < 1.29 is 19.5 Å². The molecule has 0 spiro atoms. The third-order valence-electron chi connectivity index (χ3n) is 2.74. The Morgan fingerprint density at radius 2 is 1.83 bits per heavy atom. The SMILES string of the molecule is Cc1ccc(C(C)C)cc1C(=O)C(=O)CC(=O)O. The zero-order chi connectivity index (χ0) is 13.9. The minimum absolute atomic E-state index is 0.242. The lowest BCUT2D eigenvalue weighted by Crippen LogP contribution is -2.19. The van der Waals surface area contributed by atoms with Gasteiger partial charge in [-0.25, -0.2) is 0 Å². The van der Waals surface area contributed by atoms with Gasteiger partial charge in [-0.05, 0) is 30.0 Å². The third-order valence-corrected chi connectivity index (χ3v) is 2.74. The lowest BCUT2D eigenvalue weighted by atomic mass is 9.94.